The third-order valence-electron chi connectivity index (χ3n) is 3.30. The number of hydrogen-bond acceptors (Lipinski definition) is 3. The third kappa shape index (κ3) is 4.78. The fourth-order valence-corrected chi connectivity index (χ4v) is 2.40. The van der Waals surface area contributed by atoms with Gasteiger partial charge in [-0.15, -0.1) is 0 Å². The van der Waals surface area contributed by atoms with Gasteiger partial charge in [-0.1, -0.05) is 35.3 Å². The molecule has 0 aliphatic heterocycles. The SMILES string of the molecule is COc1cc(Cl)c(NC(=O)CCc2ccc(Cl)cc2)cc1OC. The molecule has 2 aromatic carbocycles. The van der Waals surface area contributed by atoms with Crippen molar-refractivity contribution in [3.8, 4) is 11.5 Å². The normalized spacial score (nSPS) is 10.3. The Balaban J connectivity index is 2.01. The van der Waals surface area contributed by atoms with Crippen molar-refractivity contribution < 1.29 is 14.3 Å². The zero-order valence-electron chi connectivity index (χ0n) is 12.9. The van der Waals surface area contributed by atoms with Gasteiger partial charge >= 0.3 is 0 Å². The van der Waals surface area contributed by atoms with Crippen molar-refractivity contribution >= 4 is 34.8 Å². The molecule has 0 heterocycles. The first-order valence-corrected chi connectivity index (χ1v) is 7.75. The number of ether oxygens (including phenoxy) is 2. The van der Waals surface area contributed by atoms with Gasteiger partial charge in [0.15, 0.2) is 11.5 Å². The molecule has 2 aromatic rings. The number of anilines is 1. The first-order chi connectivity index (χ1) is 11.0. The third-order valence-corrected chi connectivity index (χ3v) is 3.87. The molecule has 6 heteroatoms. The molecule has 1 amide bonds. The highest BCUT2D eigenvalue weighted by Gasteiger charge is 2.12. The Kier molecular flexibility index (Phi) is 6.13. The minimum atomic E-state index is -0.130. The van der Waals surface area contributed by atoms with Crippen molar-refractivity contribution in [3.05, 3.63) is 52.0 Å². The standard InChI is InChI=1S/C17H17Cl2NO3/c1-22-15-9-13(19)14(10-16(15)23-2)20-17(21)8-5-11-3-6-12(18)7-4-11/h3-4,6-7,9-10H,5,8H2,1-2H3,(H,20,21). The molecule has 0 radical (unpaired) electrons. The Bertz CT molecular complexity index is 687. The summed E-state index contributed by atoms with van der Waals surface area (Å²) in [5.74, 6) is 0.885. The van der Waals surface area contributed by atoms with E-state index in [1.165, 1.54) is 14.2 Å². The Morgan fingerprint density at radius 1 is 1.04 bits per heavy atom. The Morgan fingerprint density at radius 2 is 1.65 bits per heavy atom. The number of rotatable bonds is 6. The molecule has 4 nitrogen and oxygen atoms in total. The van der Waals surface area contributed by atoms with Crippen LogP contribution in [0.1, 0.15) is 12.0 Å². The molecular formula is C17H17Cl2NO3. The number of carbonyl (C=O) groups is 1. The first kappa shape index (κ1) is 17.4. The molecule has 0 saturated heterocycles. The molecule has 0 aromatic heterocycles. The maximum absolute atomic E-state index is 12.1. The lowest BCUT2D eigenvalue weighted by atomic mass is 10.1. The van der Waals surface area contributed by atoms with Crippen LogP contribution in [0, 0.1) is 0 Å². The first-order valence-electron chi connectivity index (χ1n) is 6.99. The van der Waals surface area contributed by atoms with Crippen LogP contribution < -0.4 is 14.8 Å². The van der Waals surface area contributed by atoms with E-state index in [4.69, 9.17) is 32.7 Å². The van der Waals surface area contributed by atoms with E-state index in [9.17, 15) is 4.79 Å². The highest BCUT2D eigenvalue weighted by atomic mass is 35.5. The lowest BCUT2D eigenvalue weighted by molar-refractivity contribution is -0.116. The van der Waals surface area contributed by atoms with Gasteiger partial charge in [0, 0.05) is 23.6 Å². The molecule has 0 bridgehead atoms. The fourth-order valence-electron chi connectivity index (χ4n) is 2.07. The quantitative estimate of drug-likeness (QED) is 0.826. The second-order valence-electron chi connectivity index (χ2n) is 4.86. The van der Waals surface area contributed by atoms with E-state index >= 15 is 0 Å². The monoisotopic (exact) mass is 353 g/mol. The average Bonchev–Trinajstić information content (AvgIpc) is 2.55. The molecule has 2 rings (SSSR count). The van der Waals surface area contributed by atoms with E-state index in [1.54, 1.807) is 24.3 Å². The summed E-state index contributed by atoms with van der Waals surface area (Å²) >= 11 is 12.0. The highest BCUT2D eigenvalue weighted by Crippen LogP contribution is 2.36. The Morgan fingerprint density at radius 3 is 2.26 bits per heavy atom. The second-order valence-corrected chi connectivity index (χ2v) is 5.71. The van der Waals surface area contributed by atoms with Gasteiger partial charge in [-0.2, -0.15) is 0 Å². The van der Waals surface area contributed by atoms with Crippen LogP contribution in [0.3, 0.4) is 0 Å². The van der Waals surface area contributed by atoms with Crippen LogP contribution in [-0.4, -0.2) is 20.1 Å². The molecule has 0 spiro atoms. The van der Waals surface area contributed by atoms with Crippen LogP contribution in [0.2, 0.25) is 10.0 Å². The van der Waals surface area contributed by atoms with Gasteiger partial charge < -0.3 is 14.8 Å². The summed E-state index contributed by atoms with van der Waals surface area (Å²) in [6.45, 7) is 0. The summed E-state index contributed by atoms with van der Waals surface area (Å²) in [4.78, 5) is 12.1. The Labute approximate surface area is 145 Å². The van der Waals surface area contributed by atoms with Crippen LogP contribution >= 0.6 is 23.2 Å². The van der Waals surface area contributed by atoms with Crippen LogP contribution in [0.5, 0.6) is 11.5 Å². The van der Waals surface area contributed by atoms with Gasteiger partial charge in [0.25, 0.3) is 0 Å². The summed E-state index contributed by atoms with van der Waals surface area (Å²) in [5, 5.41) is 3.85. The maximum Gasteiger partial charge on any atom is 0.224 e. The summed E-state index contributed by atoms with van der Waals surface area (Å²) < 4.78 is 10.4. The van der Waals surface area contributed by atoms with Gasteiger partial charge in [0.05, 0.1) is 24.9 Å². The molecule has 0 fully saturated rings. The molecule has 0 saturated carbocycles. The van der Waals surface area contributed by atoms with E-state index < -0.39 is 0 Å². The van der Waals surface area contributed by atoms with E-state index in [2.05, 4.69) is 5.32 Å². The average molecular weight is 354 g/mol. The molecule has 23 heavy (non-hydrogen) atoms. The minimum Gasteiger partial charge on any atom is -0.493 e. The number of carbonyl (C=O) groups excluding carboxylic acids is 1. The topological polar surface area (TPSA) is 47.6 Å². The number of nitrogens with one attached hydrogen (secondary N) is 1. The number of halogens is 2. The van der Waals surface area contributed by atoms with Crippen molar-refractivity contribution in [2.75, 3.05) is 19.5 Å². The lowest BCUT2D eigenvalue weighted by Crippen LogP contribution is -2.13. The van der Waals surface area contributed by atoms with E-state index in [-0.39, 0.29) is 5.91 Å². The number of benzene rings is 2. The van der Waals surface area contributed by atoms with Crippen molar-refractivity contribution in [1.29, 1.82) is 0 Å². The summed E-state index contributed by atoms with van der Waals surface area (Å²) in [6.07, 6.45) is 0.959. The highest BCUT2D eigenvalue weighted by molar-refractivity contribution is 6.34. The van der Waals surface area contributed by atoms with E-state index in [0.717, 1.165) is 5.56 Å². The van der Waals surface area contributed by atoms with Crippen molar-refractivity contribution in [2.24, 2.45) is 0 Å². The zero-order valence-corrected chi connectivity index (χ0v) is 14.4. The van der Waals surface area contributed by atoms with Crippen molar-refractivity contribution in [3.63, 3.8) is 0 Å². The van der Waals surface area contributed by atoms with Crippen LogP contribution in [0.15, 0.2) is 36.4 Å². The van der Waals surface area contributed by atoms with Gasteiger partial charge in [-0.25, -0.2) is 0 Å². The van der Waals surface area contributed by atoms with Crippen LogP contribution in [-0.2, 0) is 11.2 Å². The van der Waals surface area contributed by atoms with E-state index in [0.29, 0.717) is 40.1 Å². The minimum absolute atomic E-state index is 0.130. The molecule has 0 aliphatic rings. The van der Waals surface area contributed by atoms with Gasteiger partial charge in [-0.3, -0.25) is 4.79 Å². The largest absolute Gasteiger partial charge is 0.493 e. The van der Waals surface area contributed by atoms with Crippen LogP contribution in [0.4, 0.5) is 5.69 Å². The predicted molar refractivity (Wildman–Crippen MR) is 93.0 cm³/mol. The number of hydrogen-bond donors (Lipinski definition) is 1. The molecule has 0 unspecified atom stereocenters. The summed E-state index contributed by atoms with van der Waals surface area (Å²) in [5.41, 5.74) is 1.54. The summed E-state index contributed by atoms with van der Waals surface area (Å²) in [6, 6.07) is 10.7. The molecular weight excluding hydrogens is 337 g/mol. The Hall–Kier alpha value is -1.91. The molecule has 0 aliphatic carbocycles. The van der Waals surface area contributed by atoms with E-state index in [1.807, 2.05) is 12.1 Å². The van der Waals surface area contributed by atoms with Gasteiger partial charge in [0.1, 0.15) is 0 Å². The van der Waals surface area contributed by atoms with Gasteiger partial charge in [0.2, 0.25) is 5.91 Å². The molecule has 0 atom stereocenters. The summed E-state index contributed by atoms with van der Waals surface area (Å²) in [7, 11) is 3.05. The smallest absolute Gasteiger partial charge is 0.224 e. The predicted octanol–water partition coefficient (Wildman–Crippen LogP) is 4.58. The number of aryl methyl sites for hydroxylation is 1. The maximum atomic E-state index is 12.1. The zero-order chi connectivity index (χ0) is 16.8. The second kappa shape index (κ2) is 8.09. The number of amides is 1. The molecule has 1 N–H and O–H groups in total. The number of methoxy groups -OCH3 is 2. The molecule has 122 valence electrons. The lowest BCUT2D eigenvalue weighted by Gasteiger charge is -2.12. The van der Waals surface area contributed by atoms with Gasteiger partial charge in [-0.05, 0) is 24.1 Å². The van der Waals surface area contributed by atoms with Crippen LogP contribution in [0.25, 0.3) is 0 Å². The fraction of sp³-hybridized carbons (Fsp3) is 0.235. The van der Waals surface area contributed by atoms with Crippen molar-refractivity contribution in [1.82, 2.24) is 0 Å². The van der Waals surface area contributed by atoms with Crippen molar-refractivity contribution in [2.45, 2.75) is 12.8 Å².